The molecule has 0 saturated carbocycles. The zero-order valence-electron chi connectivity index (χ0n) is 12.5. The third-order valence-corrected chi connectivity index (χ3v) is 4.30. The normalized spacial score (nSPS) is 19.4. The Bertz CT molecular complexity index is 490. The summed E-state index contributed by atoms with van der Waals surface area (Å²) in [4.78, 5) is 13.9. The van der Waals surface area contributed by atoms with E-state index in [2.05, 4.69) is 10.2 Å². The monoisotopic (exact) mass is 329 g/mol. The van der Waals surface area contributed by atoms with Crippen LogP contribution in [0.5, 0.6) is 0 Å². The number of piperidine rings is 1. The molecule has 1 aromatic heterocycles. The summed E-state index contributed by atoms with van der Waals surface area (Å²) in [5.41, 5.74) is -0.459. The van der Waals surface area contributed by atoms with E-state index >= 15 is 0 Å². The standard InChI is InChI=1S/C14H20ClN3O2S/c1-14(2,3)20-13(19)18-8-4-5-10(9-18)21-12-7-6-11(15)16-17-12/h6-7,10H,4-5,8-9H2,1-3H3/t10-/m0/s1. The topological polar surface area (TPSA) is 55.3 Å². The van der Waals surface area contributed by atoms with Crippen LogP contribution in [0.15, 0.2) is 17.2 Å². The molecule has 0 radical (unpaired) electrons. The number of thioether (sulfide) groups is 1. The molecule has 7 heteroatoms. The van der Waals surface area contributed by atoms with E-state index < -0.39 is 5.60 Å². The average molecular weight is 330 g/mol. The highest BCUT2D eigenvalue weighted by molar-refractivity contribution is 7.99. The summed E-state index contributed by atoms with van der Waals surface area (Å²) in [6.07, 6.45) is 1.78. The third kappa shape index (κ3) is 5.36. The van der Waals surface area contributed by atoms with Crippen molar-refractivity contribution >= 4 is 29.5 Å². The van der Waals surface area contributed by atoms with E-state index in [1.165, 1.54) is 0 Å². The zero-order chi connectivity index (χ0) is 15.5. The van der Waals surface area contributed by atoms with Crippen LogP contribution in [-0.4, -0.2) is 45.1 Å². The molecule has 21 heavy (non-hydrogen) atoms. The van der Waals surface area contributed by atoms with Crippen molar-refractivity contribution in [2.75, 3.05) is 13.1 Å². The van der Waals surface area contributed by atoms with E-state index in [4.69, 9.17) is 16.3 Å². The van der Waals surface area contributed by atoms with Crippen LogP contribution in [0.4, 0.5) is 4.79 Å². The smallest absolute Gasteiger partial charge is 0.410 e. The summed E-state index contributed by atoms with van der Waals surface area (Å²) in [6, 6.07) is 3.58. The highest BCUT2D eigenvalue weighted by Gasteiger charge is 2.28. The Morgan fingerprint density at radius 2 is 2.19 bits per heavy atom. The van der Waals surface area contributed by atoms with Gasteiger partial charge in [0.25, 0.3) is 0 Å². The molecule has 0 N–H and O–H groups in total. The molecule has 1 amide bonds. The molecule has 1 saturated heterocycles. The van der Waals surface area contributed by atoms with Crippen LogP contribution in [0.3, 0.4) is 0 Å². The Morgan fingerprint density at radius 3 is 2.81 bits per heavy atom. The van der Waals surface area contributed by atoms with Gasteiger partial charge < -0.3 is 9.64 Å². The molecule has 1 aromatic rings. The number of halogens is 1. The molecular weight excluding hydrogens is 310 g/mol. The summed E-state index contributed by atoms with van der Waals surface area (Å²) in [5.74, 6) is 0. The van der Waals surface area contributed by atoms with Crippen molar-refractivity contribution in [2.45, 2.75) is 49.5 Å². The number of likely N-dealkylation sites (tertiary alicyclic amines) is 1. The Balaban J connectivity index is 1.91. The molecule has 1 fully saturated rings. The summed E-state index contributed by atoms with van der Waals surface area (Å²) in [6.45, 7) is 7.06. The van der Waals surface area contributed by atoms with E-state index in [0.29, 0.717) is 16.9 Å². The molecule has 0 spiro atoms. The zero-order valence-corrected chi connectivity index (χ0v) is 14.1. The van der Waals surface area contributed by atoms with Gasteiger partial charge in [0.15, 0.2) is 5.15 Å². The molecule has 1 aliphatic heterocycles. The van der Waals surface area contributed by atoms with Gasteiger partial charge in [0.1, 0.15) is 10.6 Å². The van der Waals surface area contributed by atoms with Gasteiger partial charge >= 0.3 is 6.09 Å². The largest absolute Gasteiger partial charge is 0.444 e. The van der Waals surface area contributed by atoms with Crippen molar-refractivity contribution in [3.8, 4) is 0 Å². The quantitative estimate of drug-likeness (QED) is 0.829. The summed E-state index contributed by atoms with van der Waals surface area (Å²) in [7, 11) is 0. The van der Waals surface area contributed by atoms with Crippen LogP contribution < -0.4 is 0 Å². The fourth-order valence-electron chi connectivity index (χ4n) is 2.06. The minimum absolute atomic E-state index is 0.241. The van der Waals surface area contributed by atoms with Crippen LogP contribution in [0.25, 0.3) is 0 Å². The van der Waals surface area contributed by atoms with Crippen molar-refractivity contribution in [3.05, 3.63) is 17.3 Å². The average Bonchev–Trinajstić information content (AvgIpc) is 2.40. The second-order valence-corrected chi connectivity index (χ2v) is 7.71. The molecule has 5 nitrogen and oxygen atoms in total. The molecule has 2 rings (SSSR count). The van der Waals surface area contributed by atoms with Crippen molar-refractivity contribution in [2.24, 2.45) is 0 Å². The molecule has 0 bridgehead atoms. The molecule has 1 atom stereocenters. The summed E-state index contributed by atoms with van der Waals surface area (Å²) in [5, 5.41) is 9.41. The van der Waals surface area contributed by atoms with Gasteiger partial charge in [0, 0.05) is 18.3 Å². The number of hydrogen-bond donors (Lipinski definition) is 0. The number of nitrogens with zero attached hydrogens (tertiary/aromatic N) is 3. The van der Waals surface area contributed by atoms with Crippen molar-refractivity contribution in [3.63, 3.8) is 0 Å². The van der Waals surface area contributed by atoms with Gasteiger partial charge in [-0.2, -0.15) is 0 Å². The number of hydrogen-bond acceptors (Lipinski definition) is 5. The fourth-order valence-corrected chi connectivity index (χ4v) is 3.28. The number of carbonyl (C=O) groups excluding carboxylic acids is 1. The predicted molar refractivity (Wildman–Crippen MR) is 83.7 cm³/mol. The first kappa shape index (κ1) is 16.4. The number of ether oxygens (including phenoxy) is 1. The highest BCUT2D eigenvalue weighted by Crippen LogP contribution is 2.28. The lowest BCUT2D eigenvalue weighted by Crippen LogP contribution is -2.43. The van der Waals surface area contributed by atoms with Gasteiger partial charge in [-0.05, 0) is 45.7 Å². The molecule has 1 aliphatic rings. The Morgan fingerprint density at radius 1 is 1.43 bits per heavy atom. The van der Waals surface area contributed by atoms with Gasteiger partial charge in [-0.25, -0.2) is 4.79 Å². The second-order valence-electron chi connectivity index (χ2n) is 6.00. The van der Waals surface area contributed by atoms with E-state index in [-0.39, 0.29) is 6.09 Å². The number of amides is 1. The lowest BCUT2D eigenvalue weighted by molar-refractivity contribution is 0.0220. The lowest BCUT2D eigenvalue weighted by Gasteiger charge is -2.33. The van der Waals surface area contributed by atoms with Crippen LogP contribution in [0.2, 0.25) is 5.15 Å². The Hall–Kier alpha value is -1.01. The van der Waals surface area contributed by atoms with E-state index in [1.807, 2.05) is 26.8 Å². The number of carbonyl (C=O) groups is 1. The molecular formula is C14H20ClN3O2S. The molecule has 0 aromatic carbocycles. The van der Waals surface area contributed by atoms with Crippen LogP contribution >= 0.6 is 23.4 Å². The van der Waals surface area contributed by atoms with Gasteiger partial charge in [0.2, 0.25) is 0 Å². The van der Waals surface area contributed by atoms with Crippen LogP contribution in [0, 0.1) is 0 Å². The minimum Gasteiger partial charge on any atom is -0.444 e. The highest BCUT2D eigenvalue weighted by atomic mass is 35.5. The number of aromatic nitrogens is 2. The predicted octanol–water partition coefficient (Wildman–Crippen LogP) is 3.62. The lowest BCUT2D eigenvalue weighted by atomic mass is 10.1. The van der Waals surface area contributed by atoms with Crippen LogP contribution in [-0.2, 0) is 4.74 Å². The van der Waals surface area contributed by atoms with E-state index in [9.17, 15) is 4.79 Å². The van der Waals surface area contributed by atoms with Gasteiger partial charge in [-0.15, -0.1) is 10.2 Å². The van der Waals surface area contributed by atoms with E-state index in [0.717, 1.165) is 24.4 Å². The first-order chi connectivity index (χ1) is 9.83. The van der Waals surface area contributed by atoms with Gasteiger partial charge in [-0.3, -0.25) is 0 Å². The van der Waals surface area contributed by atoms with Crippen molar-refractivity contribution in [1.82, 2.24) is 15.1 Å². The van der Waals surface area contributed by atoms with Gasteiger partial charge in [0.05, 0.1) is 0 Å². The van der Waals surface area contributed by atoms with Gasteiger partial charge in [-0.1, -0.05) is 23.4 Å². The molecule has 2 heterocycles. The van der Waals surface area contributed by atoms with Crippen LogP contribution in [0.1, 0.15) is 33.6 Å². The maximum Gasteiger partial charge on any atom is 0.410 e. The number of rotatable bonds is 2. The SMILES string of the molecule is CC(C)(C)OC(=O)N1CCC[C@H](Sc2ccc(Cl)nn2)C1. The van der Waals surface area contributed by atoms with Crippen molar-refractivity contribution in [1.29, 1.82) is 0 Å². The molecule has 0 unspecified atom stereocenters. The van der Waals surface area contributed by atoms with Crippen molar-refractivity contribution < 1.29 is 9.53 Å². The second kappa shape index (κ2) is 6.83. The first-order valence-corrected chi connectivity index (χ1v) is 8.23. The maximum absolute atomic E-state index is 12.1. The summed E-state index contributed by atoms with van der Waals surface area (Å²) < 4.78 is 5.42. The first-order valence-electron chi connectivity index (χ1n) is 6.97. The molecule has 0 aliphatic carbocycles. The fraction of sp³-hybridized carbons (Fsp3) is 0.643. The minimum atomic E-state index is -0.459. The Labute approximate surface area is 134 Å². The van der Waals surface area contributed by atoms with E-state index in [1.54, 1.807) is 22.7 Å². The Kier molecular flexibility index (Phi) is 5.32. The molecule has 116 valence electrons. The third-order valence-electron chi connectivity index (χ3n) is 2.92. The maximum atomic E-state index is 12.1. The summed E-state index contributed by atoms with van der Waals surface area (Å²) >= 11 is 7.36.